The van der Waals surface area contributed by atoms with Crippen molar-refractivity contribution in [1.82, 2.24) is 0 Å². The number of unbranched alkanes of at least 4 members (excludes halogenated alkanes) is 13. The summed E-state index contributed by atoms with van der Waals surface area (Å²) in [5.41, 5.74) is 0. The molecule has 0 aliphatic carbocycles. The van der Waals surface area contributed by atoms with E-state index in [9.17, 15) is 4.79 Å². The molecule has 3 saturated heterocycles. The minimum atomic E-state index is -0.0452. The number of rotatable bonds is 20. The highest BCUT2D eigenvalue weighted by molar-refractivity contribution is 5.71. The van der Waals surface area contributed by atoms with E-state index in [1.54, 1.807) is 0 Å². The third kappa shape index (κ3) is 11.1. The van der Waals surface area contributed by atoms with Crippen LogP contribution in [-0.2, 0) is 9.53 Å². The highest BCUT2D eigenvalue weighted by atomic mass is 16.5. The van der Waals surface area contributed by atoms with Crippen LogP contribution in [0.2, 0.25) is 0 Å². The van der Waals surface area contributed by atoms with Crippen molar-refractivity contribution in [2.24, 2.45) is 5.92 Å². The Hall–Kier alpha value is -0.610. The third-order valence-corrected chi connectivity index (χ3v) is 8.62. The Morgan fingerprint density at radius 1 is 0.606 bits per heavy atom. The van der Waals surface area contributed by atoms with Crippen LogP contribution < -0.4 is 0 Å². The molecule has 4 heteroatoms. The molecular formula is C29H58N2O2+2. The van der Waals surface area contributed by atoms with Crippen LogP contribution in [0.5, 0.6) is 0 Å². The Morgan fingerprint density at radius 3 is 1.36 bits per heavy atom. The van der Waals surface area contributed by atoms with Crippen LogP contribution in [-0.4, -0.2) is 73.9 Å². The lowest BCUT2D eigenvalue weighted by Crippen LogP contribution is -2.75. The van der Waals surface area contributed by atoms with Crippen molar-refractivity contribution in [2.75, 3.05) is 59.0 Å². The van der Waals surface area contributed by atoms with Gasteiger partial charge in [0.05, 0.1) is 25.6 Å². The standard InChI is InChI=1S/C29H58N2O2/c1-4-5-6-7-8-9-10-11-12-13-14-15-16-17-19-30-21-24-31(25-22-30,26-23-30)20-18-27-33-29(32)28(2)3/h28H,4-27H2,1-3H3/q+2. The summed E-state index contributed by atoms with van der Waals surface area (Å²) in [6, 6.07) is 0. The molecule has 0 amide bonds. The smallest absolute Gasteiger partial charge is 0.308 e. The molecular weight excluding hydrogens is 408 g/mol. The highest BCUT2D eigenvalue weighted by Crippen LogP contribution is 2.28. The number of fused-ring (bicyclic) bond motifs is 3. The number of carbonyl (C=O) groups is 1. The Bertz CT molecular complexity index is 495. The largest absolute Gasteiger partial charge is 0.465 e. The first-order valence-corrected chi connectivity index (χ1v) is 14.9. The number of carbonyl (C=O) groups excluding carboxylic acids is 1. The topological polar surface area (TPSA) is 26.3 Å². The fourth-order valence-electron chi connectivity index (χ4n) is 6.00. The molecule has 3 fully saturated rings. The average Bonchev–Trinajstić information content (AvgIpc) is 2.83. The first kappa shape index (κ1) is 28.6. The number of piperazine rings is 3. The molecule has 194 valence electrons. The summed E-state index contributed by atoms with van der Waals surface area (Å²) in [6.07, 6.45) is 21.3. The minimum Gasteiger partial charge on any atom is -0.465 e. The predicted molar refractivity (Wildman–Crippen MR) is 140 cm³/mol. The number of hydrogen-bond acceptors (Lipinski definition) is 2. The van der Waals surface area contributed by atoms with Gasteiger partial charge in [-0.1, -0.05) is 97.8 Å². The zero-order valence-electron chi connectivity index (χ0n) is 22.8. The summed E-state index contributed by atoms with van der Waals surface area (Å²) < 4.78 is 8.09. The van der Waals surface area contributed by atoms with Crippen LogP contribution in [0.4, 0.5) is 0 Å². The van der Waals surface area contributed by atoms with Gasteiger partial charge >= 0.3 is 5.97 Å². The van der Waals surface area contributed by atoms with Gasteiger partial charge in [0.15, 0.2) is 0 Å². The number of quaternary nitrogens is 2. The van der Waals surface area contributed by atoms with E-state index in [-0.39, 0.29) is 11.9 Å². The van der Waals surface area contributed by atoms with Gasteiger partial charge in [0, 0.05) is 6.42 Å². The average molecular weight is 467 g/mol. The summed E-state index contributed by atoms with van der Waals surface area (Å²) >= 11 is 0. The van der Waals surface area contributed by atoms with Crippen LogP contribution in [0.3, 0.4) is 0 Å². The number of esters is 1. The van der Waals surface area contributed by atoms with E-state index in [4.69, 9.17) is 4.74 Å². The maximum atomic E-state index is 11.6. The zero-order valence-corrected chi connectivity index (χ0v) is 22.8. The number of nitrogens with zero attached hydrogens (tertiary/aromatic N) is 2. The SMILES string of the molecule is CCCCCCCCCCCCCCCC[N+]12CC[N+](CCCOC(=O)C(C)C)(CC1)CC2. The quantitative estimate of drug-likeness (QED) is 0.113. The van der Waals surface area contributed by atoms with Crippen molar-refractivity contribution >= 4 is 5.97 Å². The Labute approximate surface area is 206 Å². The van der Waals surface area contributed by atoms with Crippen molar-refractivity contribution < 1.29 is 18.5 Å². The van der Waals surface area contributed by atoms with Gasteiger partial charge in [0.2, 0.25) is 0 Å². The maximum Gasteiger partial charge on any atom is 0.308 e. The monoisotopic (exact) mass is 466 g/mol. The van der Waals surface area contributed by atoms with Crippen molar-refractivity contribution in [3.63, 3.8) is 0 Å². The van der Waals surface area contributed by atoms with Gasteiger partial charge in [-0.2, -0.15) is 0 Å². The molecule has 0 radical (unpaired) electrons. The lowest BCUT2D eigenvalue weighted by molar-refractivity contribution is -1.08. The second-order valence-corrected chi connectivity index (χ2v) is 11.7. The molecule has 0 aromatic heterocycles. The van der Waals surface area contributed by atoms with Gasteiger partial charge in [-0.05, 0) is 12.8 Å². The highest BCUT2D eigenvalue weighted by Gasteiger charge is 2.48. The third-order valence-electron chi connectivity index (χ3n) is 8.62. The molecule has 0 aromatic carbocycles. The van der Waals surface area contributed by atoms with E-state index < -0.39 is 0 Å². The molecule has 3 rings (SSSR count). The van der Waals surface area contributed by atoms with Gasteiger partial charge in [0.25, 0.3) is 0 Å². The van der Waals surface area contributed by atoms with Crippen molar-refractivity contribution in [3.8, 4) is 0 Å². The van der Waals surface area contributed by atoms with Gasteiger partial charge in [-0.3, -0.25) is 4.79 Å². The molecule has 0 aromatic rings. The van der Waals surface area contributed by atoms with Crippen molar-refractivity contribution in [3.05, 3.63) is 0 Å². The Morgan fingerprint density at radius 2 is 0.970 bits per heavy atom. The fraction of sp³-hybridized carbons (Fsp3) is 0.966. The first-order chi connectivity index (χ1) is 16.0. The molecule has 4 nitrogen and oxygen atoms in total. The predicted octanol–water partition coefficient (Wildman–Crippen LogP) is 6.72. The van der Waals surface area contributed by atoms with Crippen LogP contribution in [0, 0.1) is 5.92 Å². The Kier molecular flexibility index (Phi) is 14.0. The lowest BCUT2D eigenvalue weighted by atomic mass is 10.0. The summed E-state index contributed by atoms with van der Waals surface area (Å²) in [7, 11) is 0. The summed E-state index contributed by atoms with van der Waals surface area (Å²) in [4.78, 5) is 11.6. The van der Waals surface area contributed by atoms with E-state index in [1.165, 1.54) is 151 Å². The van der Waals surface area contributed by atoms with Crippen LogP contribution in [0.25, 0.3) is 0 Å². The molecule has 0 spiro atoms. The summed E-state index contributed by atoms with van der Waals surface area (Å²) in [5, 5.41) is 0. The second-order valence-electron chi connectivity index (χ2n) is 11.7. The summed E-state index contributed by atoms with van der Waals surface area (Å²) in [5.74, 6) is -0.0500. The molecule has 0 saturated carbocycles. The molecule has 0 unspecified atom stereocenters. The van der Waals surface area contributed by atoms with Crippen LogP contribution >= 0.6 is 0 Å². The second kappa shape index (κ2) is 16.1. The molecule has 33 heavy (non-hydrogen) atoms. The summed E-state index contributed by atoms with van der Waals surface area (Å²) in [6.45, 7) is 17.5. The first-order valence-electron chi connectivity index (χ1n) is 14.9. The number of ether oxygens (including phenoxy) is 1. The van der Waals surface area contributed by atoms with E-state index in [1.807, 2.05) is 13.8 Å². The van der Waals surface area contributed by atoms with Gasteiger partial charge in [0.1, 0.15) is 39.3 Å². The van der Waals surface area contributed by atoms with Gasteiger partial charge < -0.3 is 13.7 Å². The van der Waals surface area contributed by atoms with Crippen molar-refractivity contribution in [2.45, 2.75) is 117 Å². The van der Waals surface area contributed by atoms with E-state index in [0.717, 1.165) is 6.42 Å². The molecule has 0 atom stereocenters. The van der Waals surface area contributed by atoms with Gasteiger partial charge in [-0.25, -0.2) is 0 Å². The zero-order chi connectivity index (χ0) is 23.8. The normalized spacial score (nSPS) is 24.5. The van der Waals surface area contributed by atoms with Crippen molar-refractivity contribution in [1.29, 1.82) is 0 Å². The maximum absolute atomic E-state index is 11.6. The Balaban J connectivity index is 1.42. The van der Waals surface area contributed by atoms with Crippen LogP contribution in [0.15, 0.2) is 0 Å². The van der Waals surface area contributed by atoms with E-state index >= 15 is 0 Å². The fourth-order valence-corrected chi connectivity index (χ4v) is 6.00. The minimum absolute atomic E-state index is 0.00478. The molecule has 3 aliphatic rings. The van der Waals surface area contributed by atoms with Gasteiger partial charge in [-0.15, -0.1) is 0 Å². The van der Waals surface area contributed by atoms with E-state index in [2.05, 4.69) is 6.92 Å². The number of hydrogen-bond donors (Lipinski definition) is 0. The lowest BCUT2D eigenvalue weighted by Gasteiger charge is -2.55. The van der Waals surface area contributed by atoms with Crippen LogP contribution in [0.1, 0.15) is 117 Å². The molecule has 3 aliphatic heterocycles. The molecule has 3 heterocycles. The molecule has 0 N–H and O–H groups in total. The molecule has 2 bridgehead atoms. The van der Waals surface area contributed by atoms with E-state index in [0.29, 0.717) is 6.61 Å².